The number of thioether (sulfide) groups is 1. The van der Waals surface area contributed by atoms with Crippen molar-refractivity contribution in [2.45, 2.75) is 12.8 Å². The Kier molecular flexibility index (Phi) is 7.11. The summed E-state index contributed by atoms with van der Waals surface area (Å²) in [5, 5.41) is 0. The van der Waals surface area contributed by atoms with Crippen molar-refractivity contribution in [3.05, 3.63) is 71.8 Å². The molecular formula is C20H18S. The molecule has 0 aliphatic carbocycles. The molecule has 2 aromatic carbocycles. The third-order valence-electron chi connectivity index (χ3n) is 2.76. The van der Waals surface area contributed by atoms with Crippen molar-refractivity contribution < 1.29 is 0 Å². The second-order valence-corrected chi connectivity index (χ2v) is 5.67. The van der Waals surface area contributed by atoms with Crippen LogP contribution >= 0.6 is 11.8 Å². The number of hydrogen-bond acceptors (Lipinski definition) is 1. The van der Waals surface area contributed by atoms with Gasteiger partial charge in [0.1, 0.15) is 0 Å². The van der Waals surface area contributed by atoms with Gasteiger partial charge >= 0.3 is 0 Å². The lowest BCUT2D eigenvalue weighted by Gasteiger charge is -1.93. The molecule has 0 amide bonds. The van der Waals surface area contributed by atoms with Crippen LogP contribution in [0.4, 0.5) is 0 Å². The van der Waals surface area contributed by atoms with Crippen molar-refractivity contribution in [3.63, 3.8) is 0 Å². The average molecular weight is 290 g/mol. The van der Waals surface area contributed by atoms with E-state index in [4.69, 9.17) is 0 Å². The smallest absolute Gasteiger partial charge is 0.0245 e. The van der Waals surface area contributed by atoms with Gasteiger partial charge in [0.05, 0.1) is 0 Å². The highest BCUT2D eigenvalue weighted by atomic mass is 32.2. The van der Waals surface area contributed by atoms with Crippen LogP contribution < -0.4 is 0 Å². The molecule has 0 spiro atoms. The van der Waals surface area contributed by atoms with E-state index in [0.717, 1.165) is 35.5 Å². The molecule has 0 radical (unpaired) electrons. The van der Waals surface area contributed by atoms with E-state index in [1.165, 1.54) is 0 Å². The van der Waals surface area contributed by atoms with Gasteiger partial charge in [-0.2, -0.15) is 11.8 Å². The SMILES string of the molecule is C(#Cc1ccccc1)CCSCCC#Cc1ccccc1. The Morgan fingerprint density at radius 3 is 1.48 bits per heavy atom. The zero-order valence-corrected chi connectivity index (χ0v) is 12.8. The van der Waals surface area contributed by atoms with E-state index in [9.17, 15) is 0 Å². The zero-order valence-electron chi connectivity index (χ0n) is 12.0. The maximum Gasteiger partial charge on any atom is 0.0245 e. The second kappa shape index (κ2) is 9.76. The Bertz CT molecular complexity index is 577. The van der Waals surface area contributed by atoms with Gasteiger partial charge in [-0.3, -0.25) is 0 Å². The molecule has 0 fully saturated rings. The largest absolute Gasteiger partial charge is 0.160 e. The van der Waals surface area contributed by atoms with Crippen molar-refractivity contribution in [3.8, 4) is 23.7 Å². The molecule has 0 saturated heterocycles. The molecule has 2 rings (SSSR count). The molecule has 104 valence electrons. The fourth-order valence-corrected chi connectivity index (χ4v) is 2.42. The van der Waals surface area contributed by atoms with Crippen molar-refractivity contribution >= 4 is 11.8 Å². The Balaban J connectivity index is 1.57. The van der Waals surface area contributed by atoms with Crippen LogP contribution in [0.3, 0.4) is 0 Å². The van der Waals surface area contributed by atoms with E-state index in [1.54, 1.807) is 0 Å². The summed E-state index contributed by atoms with van der Waals surface area (Å²) in [4.78, 5) is 0. The van der Waals surface area contributed by atoms with Gasteiger partial charge in [0.2, 0.25) is 0 Å². The van der Waals surface area contributed by atoms with Crippen molar-refractivity contribution in [1.82, 2.24) is 0 Å². The molecule has 0 aliphatic heterocycles. The van der Waals surface area contributed by atoms with Gasteiger partial charge in [0, 0.05) is 35.5 Å². The minimum Gasteiger partial charge on any atom is -0.160 e. The number of benzene rings is 2. The topological polar surface area (TPSA) is 0 Å². The highest BCUT2D eigenvalue weighted by Crippen LogP contribution is 2.04. The van der Waals surface area contributed by atoms with Crippen LogP contribution in [0.1, 0.15) is 24.0 Å². The van der Waals surface area contributed by atoms with Gasteiger partial charge in [-0.05, 0) is 24.3 Å². The zero-order chi connectivity index (χ0) is 14.6. The molecule has 0 bridgehead atoms. The van der Waals surface area contributed by atoms with Crippen LogP contribution in [-0.4, -0.2) is 11.5 Å². The van der Waals surface area contributed by atoms with Crippen molar-refractivity contribution in [1.29, 1.82) is 0 Å². The predicted molar refractivity (Wildman–Crippen MR) is 93.2 cm³/mol. The normalized spacial score (nSPS) is 9.14. The quantitative estimate of drug-likeness (QED) is 0.585. The Hall–Kier alpha value is -2.09. The molecule has 0 saturated carbocycles. The second-order valence-electron chi connectivity index (χ2n) is 4.45. The maximum atomic E-state index is 3.21. The van der Waals surface area contributed by atoms with E-state index in [1.807, 2.05) is 72.4 Å². The molecule has 21 heavy (non-hydrogen) atoms. The molecule has 0 N–H and O–H groups in total. The summed E-state index contributed by atoms with van der Waals surface area (Å²) >= 11 is 1.92. The molecule has 0 aromatic heterocycles. The molecule has 2 aromatic rings. The number of hydrogen-bond donors (Lipinski definition) is 0. The summed E-state index contributed by atoms with van der Waals surface area (Å²) in [6.45, 7) is 0. The third kappa shape index (κ3) is 6.75. The molecular weight excluding hydrogens is 272 g/mol. The fraction of sp³-hybridized carbons (Fsp3) is 0.200. The third-order valence-corrected chi connectivity index (χ3v) is 3.74. The van der Waals surface area contributed by atoms with Crippen LogP contribution in [0.25, 0.3) is 0 Å². The summed E-state index contributed by atoms with van der Waals surface area (Å²) in [6, 6.07) is 20.3. The van der Waals surface area contributed by atoms with Crippen LogP contribution in [0.5, 0.6) is 0 Å². The highest BCUT2D eigenvalue weighted by Gasteiger charge is 1.87. The van der Waals surface area contributed by atoms with Gasteiger partial charge in [0.25, 0.3) is 0 Å². The molecule has 1 heteroatoms. The van der Waals surface area contributed by atoms with Crippen molar-refractivity contribution in [2.24, 2.45) is 0 Å². The Morgan fingerprint density at radius 1 is 0.619 bits per heavy atom. The van der Waals surface area contributed by atoms with Gasteiger partial charge in [-0.15, -0.1) is 0 Å². The first-order chi connectivity index (χ1) is 10.4. The molecule has 0 nitrogen and oxygen atoms in total. The van der Waals surface area contributed by atoms with E-state index < -0.39 is 0 Å². The Labute approximate surface area is 132 Å². The van der Waals surface area contributed by atoms with Crippen LogP contribution in [0, 0.1) is 23.7 Å². The molecule has 0 unspecified atom stereocenters. The van der Waals surface area contributed by atoms with Gasteiger partial charge in [0.15, 0.2) is 0 Å². The molecule has 0 aliphatic rings. The van der Waals surface area contributed by atoms with Crippen LogP contribution in [0.2, 0.25) is 0 Å². The first kappa shape index (κ1) is 15.3. The van der Waals surface area contributed by atoms with Crippen LogP contribution in [-0.2, 0) is 0 Å². The van der Waals surface area contributed by atoms with E-state index in [-0.39, 0.29) is 0 Å². The first-order valence-electron chi connectivity index (χ1n) is 7.11. The predicted octanol–water partition coefficient (Wildman–Crippen LogP) is 4.60. The number of rotatable bonds is 4. The minimum absolute atomic E-state index is 0.936. The summed E-state index contributed by atoms with van der Waals surface area (Å²) < 4.78 is 0. The fourth-order valence-electron chi connectivity index (χ4n) is 1.72. The van der Waals surface area contributed by atoms with Crippen LogP contribution in [0.15, 0.2) is 60.7 Å². The lowest BCUT2D eigenvalue weighted by atomic mass is 10.2. The highest BCUT2D eigenvalue weighted by molar-refractivity contribution is 7.99. The average Bonchev–Trinajstić information content (AvgIpc) is 2.55. The van der Waals surface area contributed by atoms with E-state index >= 15 is 0 Å². The minimum atomic E-state index is 0.936. The summed E-state index contributed by atoms with van der Waals surface area (Å²) in [6.07, 6.45) is 1.87. The summed E-state index contributed by atoms with van der Waals surface area (Å²) in [5.74, 6) is 14.9. The first-order valence-corrected chi connectivity index (χ1v) is 8.26. The van der Waals surface area contributed by atoms with E-state index in [2.05, 4.69) is 23.7 Å². The lowest BCUT2D eigenvalue weighted by Crippen LogP contribution is -1.81. The van der Waals surface area contributed by atoms with E-state index in [0.29, 0.717) is 0 Å². The van der Waals surface area contributed by atoms with Gasteiger partial charge in [-0.25, -0.2) is 0 Å². The van der Waals surface area contributed by atoms with Gasteiger partial charge in [-0.1, -0.05) is 60.1 Å². The van der Waals surface area contributed by atoms with Crippen molar-refractivity contribution in [2.75, 3.05) is 11.5 Å². The molecule has 0 heterocycles. The standard InChI is InChI=1S/C20H18S/c1-3-11-19(12-4-1)15-7-9-17-21-18-10-8-16-20-13-5-2-6-14-20/h1-6,11-14H,9-10,17-18H2. The van der Waals surface area contributed by atoms with Gasteiger partial charge < -0.3 is 0 Å². The monoisotopic (exact) mass is 290 g/mol. The lowest BCUT2D eigenvalue weighted by molar-refractivity contribution is 1.25. The maximum absolute atomic E-state index is 3.21. The summed E-state index contributed by atoms with van der Waals surface area (Å²) in [5.41, 5.74) is 2.19. The Morgan fingerprint density at radius 2 is 1.05 bits per heavy atom. The summed E-state index contributed by atoms with van der Waals surface area (Å²) in [7, 11) is 0. The molecule has 0 atom stereocenters.